The first-order valence-corrected chi connectivity index (χ1v) is 42.8. The van der Waals surface area contributed by atoms with Gasteiger partial charge in [-0.15, -0.1) is 0 Å². The van der Waals surface area contributed by atoms with Crippen LogP contribution in [0.5, 0.6) is 0 Å². The Morgan fingerprint density at radius 1 is 0.284 bits per heavy atom. The molecule has 0 saturated carbocycles. The van der Waals surface area contributed by atoms with E-state index < -0.39 is 97.5 Å². The van der Waals surface area contributed by atoms with Crippen LogP contribution in [0.1, 0.15) is 323 Å². The van der Waals surface area contributed by atoms with Crippen molar-refractivity contribution in [3.05, 3.63) is 122 Å². The molecule has 0 radical (unpaired) electrons. The first-order valence-electron chi connectivity index (χ1n) is 39.8. The van der Waals surface area contributed by atoms with E-state index in [9.17, 15) is 43.2 Å². The number of esters is 4. The molecule has 0 aliphatic carbocycles. The topological polar surface area (TPSA) is 237 Å². The molecule has 0 aliphatic rings. The number of unbranched alkanes of at least 4 members (excludes halogenated alkanes) is 28. The van der Waals surface area contributed by atoms with Crippen molar-refractivity contribution in [3.8, 4) is 0 Å². The van der Waals surface area contributed by atoms with E-state index in [1.165, 1.54) is 57.8 Å². The first-order chi connectivity index (χ1) is 49.7. The van der Waals surface area contributed by atoms with Crippen molar-refractivity contribution in [2.24, 2.45) is 0 Å². The minimum atomic E-state index is -4.99. The Morgan fingerprint density at radius 3 is 0.873 bits per heavy atom. The van der Waals surface area contributed by atoms with Crippen molar-refractivity contribution >= 4 is 39.5 Å². The van der Waals surface area contributed by atoms with E-state index in [2.05, 4.69) is 149 Å². The normalized spacial score (nSPS) is 14.5. The van der Waals surface area contributed by atoms with Gasteiger partial charge in [0.05, 0.1) is 26.4 Å². The minimum Gasteiger partial charge on any atom is -0.462 e. The van der Waals surface area contributed by atoms with E-state index in [4.69, 9.17) is 37.0 Å². The van der Waals surface area contributed by atoms with Crippen molar-refractivity contribution in [2.75, 3.05) is 39.6 Å². The van der Waals surface area contributed by atoms with Crippen LogP contribution in [0.3, 0.4) is 0 Å². The molecule has 5 unspecified atom stereocenters. The van der Waals surface area contributed by atoms with Gasteiger partial charge in [0.25, 0.3) is 0 Å². The molecule has 0 bridgehead atoms. The van der Waals surface area contributed by atoms with Crippen LogP contribution < -0.4 is 0 Å². The molecule has 19 heteroatoms. The van der Waals surface area contributed by atoms with E-state index in [0.717, 1.165) is 186 Å². The molecule has 0 heterocycles. The van der Waals surface area contributed by atoms with Gasteiger partial charge in [-0.05, 0) is 154 Å². The monoisotopic (exact) mass is 1470 g/mol. The SMILES string of the molecule is CC/C=C\C/C=C\C/C=C\C/C=C\CCCCC(=O)OCC(COP(=O)(O)OCC(O)COP(=O)(O)OCC(COC(=O)CCCCCCCC/C=C\C/C=C\C/C=C\CCCCC)OC(=O)CCCCCCC/C=C\C/C=C\CCC)OC(=O)CCCCCCC/C=C\CCCCCCCC. The van der Waals surface area contributed by atoms with Crippen LogP contribution >= 0.6 is 15.6 Å². The summed E-state index contributed by atoms with van der Waals surface area (Å²) < 4.78 is 68.5. The summed E-state index contributed by atoms with van der Waals surface area (Å²) in [7, 11) is -9.98. The average Bonchev–Trinajstić information content (AvgIpc) is 0.919. The molecule has 0 aromatic rings. The largest absolute Gasteiger partial charge is 0.472 e. The molecule has 0 aromatic carbocycles. The van der Waals surface area contributed by atoms with Gasteiger partial charge < -0.3 is 33.8 Å². The van der Waals surface area contributed by atoms with Crippen LogP contribution in [0, 0.1) is 0 Å². The van der Waals surface area contributed by atoms with Crippen LogP contribution in [-0.4, -0.2) is 96.7 Å². The fourth-order valence-electron chi connectivity index (χ4n) is 10.3. The third kappa shape index (κ3) is 73.8. The second-order valence-corrected chi connectivity index (χ2v) is 29.2. The molecule has 586 valence electrons. The number of aliphatic hydroxyl groups is 1. The zero-order valence-electron chi connectivity index (χ0n) is 64.0. The van der Waals surface area contributed by atoms with Gasteiger partial charge in [0.1, 0.15) is 19.3 Å². The molecule has 0 saturated heterocycles. The Balaban J connectivity index is 5.39. The lowest BCUT2D eigenvalue weighted by Gasteiger charge is -2.21. The predicted octanol–water partition coefficient (Wildman–Crippen LogP) is 23.1. The second kappa shape index (κ2) is 74.7. The van der Waals surface area contributed by atoms with Crippen molar-refractivity contribution in [3.63, 3.8) is 0 Å². The highest BCUT2D eigenvalue weighted by atomic mass is 31.2. The number of aliphatic hydroxyl groups excluding tert-OH is 1. The van der Waals surface area contributed by atoms with Gasteiger partial charge in [0.2, 0.25) is 0 Å². The zero-order valence-corrected chi connectivity index (χ0v) is 65.8. The van der Waals surface area contributed by atoms with E-state index in [1.807, 2.05) is 0 Å². The van der Waals surface area contributed by atoms with Gasteiger partial charge in [-0.25, -0.2) is 9.13 Å². The lowest BCUT2D eigenvalue weighted by atomic mass is 10.1. The molecule has 102 heavy (non-hydrogen) atoms. The summed E-state index contributed by atoms with van der Waals surface area (Å²) in [5.74, 6) is -2.26. The molecule has 0 rings (SSSR count). The molecular weight excluding hydrogens is 1330 g/mol. The minimum absolute atomic E-state index is 0.0728. The van der Waals surface area contributed by atoms with Crippen LogP contribution in [-0.2, 0) is 65.4 Å². The van der Waals surface area contributed by atoms with Crippen LogP contribution in [0.2, 0.25) is 0 Å². The second-order valence-electron chi connectivity index (χ2n) is 26.3. The molecule has 5 atom stereocenters. The van der Waals surface area contributed by atoms with Crippen LogP contribution in [0.4, 0.5) is 0 Å². The Bertz CT molecular complexity index is 2410. The van der Waals surface area contributed by atoms with Gasteiger partial charge in [0, 0.05) is 25.7 Å². The molecule has 0 amide bonds. The standard InChI is InChI=1S/C83H142O17P2/c1-5-9-13-17-21-25-29-33-36-37-38-39-42-45-48-52-56-60-64-68-81(86)94-73-78(99-82(87)69-65-61-57-53-49-43-32-28-24-20-16-12-8-4)75-97-101(89,90)95-71-77(84)72-96-102(91,92)98-76-79(100-83(88)70-66-62-58-54-50-46-41-35-31-27-23-19-15-11-7-3)74-93-80(85)67-63-59-55-51-47-44-40-34-30-26-22-18-14-10-6-2/h10,14,16,20-22,25-26,28,32-36,38-41,47,51,77-79,84H,5-9,11-13,15,17-19,23-24,27,29-31,37,42-46,48-50,52-76H2,1-4H3,(H,89,90)(H,91,92)/b14-10-,20-16-,25-21-,26-22-,32-28-,36-33-,39-38-,40-34-,41-35-,51-47-. The molecule has 0 fully saturated rings. The third-order valence-corrected chi connectivity index (χ3v) is 18.3. The first kappa shape index (κ1) is 97.5. The van der Waals surface area contributed by atoms with Gasteiger partial charge >= 0.3 is 39.5 Å². The Kier molecular flexibility index (Phi) is 71.4. The highest BCUT2D eigenvalue weighted by molar-refractivity contribution is 7.47. The molecule has 0 aromatic heterocycles. The quantitative estimate of drug-likeness (QED) is 0.0169. The maximum atomic E-state index is 13.1. The van der Waals surface area contributed by atoms with E-state index in [1.54, 1.807) is 0 Å². The fourth-order valence-corrected chi connectivity index (χ4v) is 11.9. The van der Waals surface area contributed by atoms with Crippen LogP contribution in [0.25, 0.3) is 0 Å². The maximum Gasteiger partial charge on any atom is 0.472 e. The Hall–Kier alpha value is -4.54. The Morgan fingerprint density at radius 2 is 0.529 bits per heavy atom. The molecule has 0 spiro atoms. The number of phosphoric acid groups is 2. The van der Waals surface area contributed by atoms with Gasteiger partial charge in [-0.3, -0.25) is 37.3 Å². The lowest BCUT2D eigenvalue weighted by Crippen LogP contribution is -2.30. The maximum absolute atomic E-state index is 13.1. The summed E-state index contributed by atoms with van der Waals surface area (Å²) in [4.78, 5) is 73.0. The van der Waals surface area contributed by atoms with Crippen molar-refractivity contribution in [1.82, 2.24) is 0 Å². The van der Waals surface area contributed by atoms with Gasteiger partial charge in [-0.1, -0.05) is 265 Å². The average molecular weight is 1470 g/mol. The van der Waals surface area contributed by atoms with E-state index >= 15 is 0 Å². The number of allylic oxidation sites excluding steroid dienone is 20. The molecular formula is C83H142O17P2. The highest BCUT2D eigenvalue weighted by Crippen LogP contribution is 2.45. The van der Waals surface area contributed by atoms with E-state index in [0.29, 0.717) is 25.7 Å². The molecule has 3 N–H and O–H groups in total. The summed E-state index contributed by atoms with van der Waals surface area (Å²) >= 11 is 0. The summed E-state index contributed by atoms with van der Waals surface area (Å²) in [5.41, 5.74) is 0. The van der Waals surface area contributed by atoms with Crippen molar-refractivity contribution in [2.45, 2.75) is 341 Å². The number of phosphoric ester groups is 2. The van der Waals surface area contributed by atoms with Crippen molar-refractivity contribution in [1.29, 1.82) is 0 Å². The lowest BCUT2D eigenvalue weighted by molar-refractivity contribution is -0.161. The van der Waals surface area contributed by atoms with E-state index in [-0.39, 0.29) is 25.7 Å². The number of carbonyl (C=O) groups excluding carboxylic acids is 4. The number of hydrogen-bond donors (Lipinski definition) is 3. The summed E-state index contributed by atoms with van der Waals surface area (Å²) in [6, 6.07) is 0. The molecule has 0 aliphatic heterocycles. The molecule has 17 nitrogen and oxygen atoms in total. The number of ether oxygens (including phenoxy) is 4. The summed E-state index contributed by atoms with van der Waals surface area (Å²) in [5, 5.41) is 10.6. The smallest absolute Gasteiger partial charge is 0.462 e. The number of rotatable bonds is 74. The third-order valence-electron chi connectivity index (χ3n) is 16.4. The van der Waals surface area contributed by atoms with Crippen LogP contribution in [0.15, 0.2) is 122 Å². The van der Waals surface area contributed by atoms with Gasteiger partial charge in [-0.2, -0.15) is 0 Å². The fraction of sp³-hybridized carbons (Fsp3) is 0.711. The van der Waals surface area contributed by atoms with Gasteiger partial charge in [0.15, 0.2) is 12.2 Å². The summed E-state index contributed by atoms with van der Waals surface area (Å²) in [6.07, 6.45) is 81.8. The highest BCUT2D eigenvalue weighted by Gasteiger charge is 2.30. The predicted molar refractivity (Wildman–Crippen MR) is 418 cm³/mol. The Labute approximate surface area is 619 Å². The van der Waals surface area contributed by atoms with Crippen molar-refractivity contribution < 1.29 is 80.2 Å². The number of hydrogen-bond acceptors (Lipinski definition) is 15. The zero-order chi connectivity index (χ0) is 74.6. The number of carbonyl (C=O) groups is 4. The summed E-state index contributed by atoms with van der Waals surface area (Å²) in [6.45, 7) is 4.59.